The van der Waals surface area contributed by atoms with Gasteiger partial charge in [-0.15, -0.1) is 0 Å². The molecule has 160 valence electrons. The third-order valence-corrected chi connectivity index (χ3v) is 6.42. The molecule has 1 aromatic carbocycles. The SMILES string of the molecule is CNc1cc(N2C[C@@H]3C[C@H]2CO3)c(C(=O)NC2CCC(C(F)(F)F)CC2)cc1N. The van der Waals surface area contributed by atoms with Crippen LogP contribution in [0.3, 0.4) is 0 Å². The first kappa shape index (κ1) is 20.1. The molecule has 0 radical (unpaired) electrons. The van der Waals surface area contributed by atoms with Crippen molar-refractivity contribution < 1.29 is 22.7 Å². The summed E-state index contributed by atoms with van der Waals surface area (Å²) in [6.07, 6.45) is -2.29. The fraction of sp³-hybridized carbons (Fsp3) is 0.650. The van der Waals surface area contributed by atoms with E-state index in [4.69, 9.17) is 10.5 Å². The lowest BCUT2D eigenvalue weighted by Crippen LogP contribution is -2.42. The summed E-state index contributed by atoms with van der Waals surface area (Å²) in [6.45, 7) is 1.35. The van der Waals surface area contributed by atoms with Crippen molar-refractivity contribution in [2.45, 2.75) is 56.5 Å². The van der Waals surface area contributed by atoms with E-state index in [2.05, 4.69) is 15.5 Å². The largest absolute Gasteiger partial charge is 0.397 e. The number of nitrogens with two attached hydrogens (primary N) is 1. The highest BCUT2D eigenvalue weighted by molar-refractivity contribution is 6.02. The second-order valence-electron chi connectivity index (χ2n) is 8.27. The minimum atomic E-state index is -4.16. The number of amides is 1. The van der Waals surface area contributed by atoms with E-state index < -0.39 is 12.1 Å². The van der Waals surface area contributed by atoms with Crippen molar-refractivity contribution in [1.29, 1.82) is 0 Å². The minimum Gasteiger partial charge on any atom is -0.397 e. The van der Waals surface area contributed by atoms with E-state index in [0.717, 1.165) is 17.8 Å². The lowest BCUT2D eigenvalue weighted by Gasteiger charge is -2.33. The smallest absolute Gasteiger partial charge is 0.391 e. The molecule has 2 heterocycles. The minimum absolute atomic E-state index is 0.0509. The molecular weight excluding hydrogens is 385 g/mol. The number of halogens is 3. The van der Waals surface area contributed by atoms with Crippen LogP contribution >= 0.6 is 0 Å². The molecule has 1 aromatic rings. The van der Waals surface area contributed by atoms with Gasteiger partial charge in [-0.2, -0.15) is 13.2 Å². The fourth-order valence-corrected chi connectivity index (χ4v) is 4.76. The molecule has 29 heavy (non-hydrogen) atoms. The number of nitrogens with zero attached hydrogens (tertiary/aromatic N) is 1. The van der Waals surface area contributed by atoms with Gasteiger partial charge >= 0.3 is 6.18 Å². The average molecular weight is 412 g/mol. The van der Waals surface area contributed by atoms with Crippen LogP contribution in [0.15, 0.2) is 12.1 Å². The Kier molecular flexibility index (Phi) is 5.27. The van der Waals surface area contributed by atoms with Crippen molar-refractivity contribution in [3.63, 3.8) is 0 Å². The van der Waals surface area contributed by atoms with Crippen molar-refractivity contribution >= 4 is 23.0 Å². The summed E-state index contributed by atoms with van der Waals surface area (Å²) < 4.78 is 44.3. The van der Waals surface area contributed by atoms with Crippen molar-refractivity contribution in [3.05, 3.63) is 17.7 Å². The molecule has 4 N–H and O–H groups in total. The van der Waals surface area contributed by atoms with Crippen LogP contribution in [0.5, 0.6) is 0 Å². The number of ether oxygens (including phenoxy) is 1. The molecule has 0 aromatic heterocycles. The summed E-state index contributed by atoms with van der Waals surface area (Å²) >= 11 is 0. The molecule has 6 nitrogen and oxygen atoms in total. The van der Waals surface area contributed by atoms with Crippen molar-refractivity contribution in [1.82, 2.24) is 5.32 Å². The van der Waals surface area contributed by atoms with Gasteiger partial charge in [0.1, 0.15) is 0 Å². The highest BCUT2D eigenvalue weighted by Crippen LogP contribution is 2.39. The van der Waals surface area contributed by atoms with Gasteiger partial charge in [-0.3, -0.25) is 4.79 Å². The summed E-state index contributed by atoms with van der Waals surface area (Å²) in [5, 5.41) is 5.99. The zero-order valence-corrected chi connectivity index (χ0v) is 16.4. The zero-order valence-electron chi connectivity index (χ0n) is 16.4. The summed E-state index contributed by atoms with van der Waals surface area (Å²) in [7, 11) is 1.77. The standard InChI is InChI=1S/C20H27F3N4O2/c1-25-17-8-18(27-9-14-6-13(27)10-29-14)15(7-16(17)24)19(28)26-12-4-2-11(3-5-12)20(21,22)23/h7-8,11-14,25H,2-6,9-10,24H2,1H3,(H,26,28)/t11?,12?,13-,14-/m0/s1. The topological polar surface area (TPSA) is 79.6 Å². The highest BCUT2D eigenvalue weighted by atomic mass is 19.4. The van der Waals surface area contributed by atoms with E-state index in [-0.39, 0.29) is 36.9 Å². The predicted octanol–water partition coefficient (Wildman–Crippen LogP) is 3.14. The van der Waals surface area contributed by atoms with E-state index >= 15 is 0 Å². The monoisotopic (exact) mass is 412 g/mol. The van der Waals surface area contributed by atoms with Crippen LogP contribution in [0.25, 0.3) is 0 Å². The molecule has 3 fully saturated rings. The molecule has 2 atom stereocenters. The summed E-state index contributed by atoms with van der Waals surface area (Å²) in [6, 6.07) is 3.51. The van der Waals surface area contributed by atoms with E-state index in [1.807, 2.05) is 6.07 Å². The third-order valence-electron chi connectivity index (χ3n) is 6.42. The summed E-state index contributed by atoms with van der Waals surface area (Å²) in [5.74, 6) is -1.55. The molecule has 9 heteroatoms. The lowest BCUT2D eigenvalue weighted by molar-refractivity contribution is -0.182. The molecule has 1 amide bonds. The van der Waals surface area contributed by atoms with Gasteiger partial charge in [0.05, 0.1) is 47.3 Å². The van der Waals surface area contributed by atoms with Crippen molar-refractivity contribution in [2.75, 3.05) is 36.1 Å². The Bertz CT molecular complexity index is 778. The normalized spacial score (nSPS) is 29.2. The number of anilines is 3. The number of fused-ring (bicyclic) bond motifs is 2. The first-order valence-electron chi connectivity index (χ1n) is 10.1. The van der Waals surface area contributed by atoms with Gasteiger partial charge in [-0.25, -0.2) is 0 Å². The maximum absolute atomic E-state index is 13.1. The number of benzene rings is 1. The molecule has 1 aliphatic carbocycles. The second kappa shape index (κ2) is 7.59. The Morgan fingerprint density at radius 2 is 1.97 bits per heavy atom. The molecule has 0 spiro atoms. The van der Waals surface area contributed by atoms with Crippen LogP contribution in [0.2, 0.25) is 0 Å². The van der Waals surface area contributed by atoms with Crippen LogP contribution in [0, 0.1) is 5.92 Å². The Morgan fingerprint density at radius 1 is 1.24 bits per heavy atom. The average Bonchev–Trinajstić information content (AvgIpc) is 3.31. The molecule has 0 unspecified atom stereocenters. The Morgan fingerprint density at radius 3 is 2.52 bits per heavy atom. The van der Waals surface area contributed by atoms with Gasteiger partial charge in [0.25, 0.3) is 5.91 Å². The molecule has 4 rings (SSSR count). The molecule has 1 saturated carbocycles. The lowest BCUT2D eigenvalue weighted by atomic mass is 9.85. The number of nitrogen functional groups attached to an aromatic ring is 1. The number of alkyl halides is 3. The molecule has 2 bridgehead atoms. The van der Waals surface area contributed by atoms with E-state index in [1.165, 1.54) is 0 Å². The summed E-state index contributed by atoms with van der Waals surface area (Å²) in [5.41, 5.74) is 8.56. The first-order valence-corrected chi connectivity index (χ1v) is 10.1. The highest BCUT2D eigenvalue weighted by Gasteiger charge is 2.42. The van der Waals surface area contributed by atoms with E-state index in [9.17, 15) is 18.0 Å². The van der Waals surface area contributed by atoms with Gasteiger partial charge in [-0.1, -0.05) is 0 Å². The molecular formula is C20H27F3N4O2. The molecule has 2 saturated heterocycles. The maximum Gasteiger partial charge on any atom is 0.391 e. The van der Waals surface area contributed by atoms with Crippen molar-refractivity contribution in [2.24, 2.45) is 5.92 Å². The van der Waals surface area contributed by atoms with Crippen LogP contribution in [-0.2, 0) is 4.74 Å². The van der Waals surface area contributed by atoms with Gasteiger partial charge < -0.3 is 26.0 Å². The Hall–Kier alpha value is -2.16. The van der Waals surface area contributed by atoms with E-state index in [0.29, 0.717) is 37.2 Å². The van der Waals surface area contributed by atoms with Crippen LogP contribution in [0.1, 0.15) is 42.5 Å². The van der Waals surface area contributed by atoms with E-state index in [1.54, 1.807) is 13.1 Å². The molecule has 2 aliphatic heterocycles. The fourth-order valence-electron chi connectivity index (χ4n) is 4.76. The van der Waals surface area contributed by atoms with Crippen LogP contribution < -0.4 is 21.3 Å². The number of morpholine rings is 1. The third kappa shape index (κ3) is 3.97. The number of nitrogens with one attached hydrogen (secondary N) is 2. The number of rotatable bonds is 4. The van der Waals surface area contributed by atoms with Gasteiger partial charge in [-0.05, 0) is 44.2 Å². The number of hydrogen-bond acceptors (Lipinski definition) is 5. The number of carbonyl (C=O) groups excluding carboxylic acids is 1. The zero-order chi connectivity index (χ0) is 20.8. The number of hydrogen-bond donors (Lipinski definition) is 3. The summed E-state index contributed by atoms with van der Waals surface area (Å²) in [4.78, 5) is 15.2. The van der Waals surface area contributed by atoms with Gasteiger partial charge in [0, 0.05) is 19.6 Å². The first-order chi connectivity index (χ1) is 13.8. The molecule has 3 aliphatic rings. The van der Waals surface area contributed by atoms with Gasteiger partial charge in [0.15, 0.2) is 0 Å². The maximum atomic E-state index is 13.1. The van der Waals surface area contributed by atoms with Crippen LogP contribution in [-0.4, -0.2) is 50.5 Å². The van der Waals surface area contributed by atoms with Crippen LogP contribution in [0.4, 0.5) is 30.2 Å². The van der Waals surface area contributed by atoms with Gasteiger partial charge in [0.2, 0.25) is 0 Å². The number of carbonyl (C=O) groups is 1. The Balaban J connectivity index is 1.51. The van der Waals surface area contributed by atoms with Crippen molar-refractivity contribution in [3.8, 4) is 0 Å². The Labute approximate surface area is 167 Å². The second-order valence-corrected chi connectivity index (χ2v) is 8.27. The predicted molar refractivity (Wildman–Crippen MR) is 105 cm³/mol. The quantitative estimate of drug-likeness (QED) is 0.662.